The fourth-order valence-electron chi connectivity index (χ4n) is 8.61. The summed E-state index contributed by atoms with van der Waals surface area (Å²) in [5.74, 6) is -1.12. The fraction of sp³-hybridized carbons (Fsp3) is 0.535. The highest BCUT2D eigenvalue weighted by Gasteiger charge is 2.65. The maximum Gasteiger partial charge on any atom is 0.410 e. The van der Waals surface area contributed by atoms with Crippen LogP contribution in [0.25, 0.3) is 0 Å². The third-order valence-electron chi connectivity index (χ3n) is 11.1. The van der Waals surface area contributed by atoms with Crippen LogP contribution in [0.3, 0.4) is 0 Å². The SMILES string of the molecule is C=CCOc1ccc2c(c1)[C@H]1[C@H](CCCCO)[C@@H](CCCCO)C=C3C(=NOCc4ccc([N+](=O)[O-])cc4)C[C@H](N(CCOCCO)C(=O)OC)[C@@](OCC=C)(O2)[C@H]31. The maximum absolute atomic E-state index is 13.9. The molecule has 6 atom stereocenters. The number of allylic oxidation sites excluding steroid dienone is 1. The molecule has 0 saturated heterocycles. The molecule has 0 unspecified atom stereocenters. The Kier molecular flexibility index (Phi) is 16.7. The number of amides is 1. The molecule has 3 aliphatic rings. The Morgan fingerprint density at radius 1 is 1.02 bits per heavy atom. The number of rotatable bonds is 24. The summed E-state index contributed by atoms with van der Waals surface area (Å²) in [6.45, 7) is 8.32. The summed E-state index contributed by atoms with van der Waals surface area (Å²) in [4.78, 5) is 32.3. The van der Waals surface area contributed by atoms with Gasteiger partial charge in [-0.25, -0.2) is 4.79 Å². The lowest BCUT2D eigenvalue weighted by Gasteiger charge is -2.59. The number of nitrogens with zero attached hydrogens (tertiary/aromatic N) is 3. The summed E-state index contributed by atoms with van der Waals surface area (Å²) >= 11 is 0. The Hall–Kier alpha value is -4.80. The first-order valence-electron chi connectivity index (χ1n) is 20.0. The third kappa shape index (κ3) is 10.2. The molecule has 2 aromatic rings. The van der Waals surface area contributed by atoms with Gasteiger partial charge in [-0.15, -0.1) is 6.58 Å². The number of nitro benzene ring substituents is 1. The molecule has 0 bridgehead atoms. The Morgan fingerprint density at radius 3 is 2.43 bits per heavy atom. The molecule has 58 heavy (non-hydrogen) atoms. The van der Waals surface area contributed by atoms with Crippen LogP contribution >= 0.6 is 0 Å². The topological polar surface area (TPSA) is 192 Å². The predicted molar refractivity (Wildman–Crippen MR) is 216 cm³/mol. The van der Waals surface area contributed by atoms with E-state index in [4.69, 9.17) is 33.7 Å². The van der Waals surface area contributed by atoms with Crippen LogP contribution in [0.5, 0.6) is 11.5 Å². The van der Waals surface area contributed by atoms with Crippen molar-refractivity contribution in [2.45, 2.75) is 69.3 Å². The molecule has 3 N–H and O–H groups in total. The van der Waals surface area contributed by atoms with Gasteiger partial charge in [0.1, 0.15) is 30.8 Å². The zero-order valence-corrected chi connectivity index (χ0v) is 33.2. The van der Waals surface area contributed by atoms with Crippen molar-refractivity contribution in [3.8, 4) is 11.5 Å². The molecule has 1 saturated carbocycles. The van der Waals surface area contributed by atoms with Gasteiger partial charge >= 0.3 is 6.09 Å². The van der Waals surface area contributed by atoms with Gasteiger partial charge in [0.2, 0.25) is 5.79 Å². The van der Waals surface area contributed by atoms with Gasteiger partial charge < -0.3 is 43.8 Å². The number of ether oxygens (including phenoxy) is 5. The number of oxime groups is 1. The molecular formula is C43H57N3O12. The van der Waals surface area contributed by atoms with Crippen molar-refractivity contribution >= 4 is 17.5 Å². The molecule has 0 aromatic heterocycles. The number of carbonyl (C=O) groups excluding carboxylic acids is 1. The van der Waals surface area contributed by atoms with E-state index in [1.807, 2.05) is 18.2 Å². The summed E-state index contributed by atoms with van der Waals surface area (Å²) in [6, 6.07) is 10.9. The second-order valence-electron chi connectivity index (χ2n) is 14.6. The Bertz CT molecular complexity index is 1750. The number of benzene rings is 2. The molecule has 1 aliphatic heterocycles. The standard InChI is InChI=1S/C43H57N3O12/c1-4-22-55-33-16-17-38-36(27-33)40-34(11-7-9-20-48)31(10-6-8-19-47)26-35-37(44-57-29-30-12-14-32(15-13-30)46(51)52)28-39(43(58-38,41(35)40)56-23-5-2)45(42(50)53-3)18-24-54-25-21-49/h4-5,12-17,26-27,31,34,39-41,47-49H,1-2,6-11,18-25,28-29H2,3H3/t31-,34+,39-,40+,41+,43+/m0/s1. The Balaban J connectivity index is 1.74. The van der Waals surface area contributed by atoms with Crippen molar-refractivity contribution in [1.29, 1.82) is 0 Å². The predicted octanol–water partition coefficient (Wildman–Crippen LogP) is 6.07. The van der Waals surface area contributed by atoms with E-state index in [1.165, 1.54) is 24.1 Å². The van der Waals surface area contributed by atoms with Crippen LogP contribution in [-0.4, -0.2) is 109 Å². The van der Waals surface area contributed by atoms with Crippen LogP contribution in [0.1, 0.15) is 62.0 Å². The number of nitro groups is 1. The van der Waals surface area contributed by atoms with Crippen LogP contribution in [0.2, 0.25) is 0 Å². The van der Waals surface area contributed by atoms with Crippen molar-refractivity contribution in [2.75, 3.05) is 59.9 Å². The van der Waals surface area contributed by atoms with E-state index in [1.54, 1.807) is 24.3 Å². The highest BCUT2D eigenvalue weighted by molar-refractivity contribution is 6.03. The molecule has 316 valence electrons. The lowest BCUT2D eigenvalue weighted by molar-refractivity contribution is -0.384. The minimum atomic E-state index is -1.50. The summed E-state index contributed by atoms with van der Waals surface area (Å²) in [6.07, 6.45) is 9.34. The Labute approximate surface area is 339 Å². The van der Waals surface area contributed by atoms with Gasteiger partial charge in [0.15, 0.2) is 0 Å². The molecule has 1 amide bonds. The highest BCUT2D eigenvalue weighted by atomic mass is 16.7. The summed E-state index contributed by atoms with van der Waals surface area (Å²) in [5.41, 5.74) is 2.94. The maximum atomic E-state index is 13.9. The number of aliphatic hydroxyl groups excluding tert-OH is 3. The molecule has 1 heterocycles. The number of fused-ring (bicyclic) bond motifs is 2. The molecule has 2 aliphatic carbocycles. The molecule has 5 rings (SSSR count). The van der Waals surface area contributed by atoms with Crippen molar-refractivity contribution in [2.24, 2.45) is 22.9 Å². The zero-order chi connectivity index (χ0) is 41.5. The van der Waals surface area contributed by atoms with Gasteiger partial charge in [-0.05, 0) is 79.0 Å². The average molecular weight is 808 g/mol. The van der Waals surface area contributed by atoms with E-state index in [9.17, 15) is 30.2 Å². The Morgan fingerprint density at radius 2 is 1.76 bits per heavy atom. The number of carbonyl (C=O) groups is 1. The molecule has 1 fully saturated rings. The van der Waals surface area contributed by atoms with E-state index in [0.717, 1.165) is 36.8 Å². The van der Waals surface area contributed by atoms with E-state index in [-0.39, 0.29) is 82.7 Å². The van der Waals surface area contributed by atoms with Crippen LogP contribution < -0.4 is 9.47 Å². The van der Waals surface area contributed by atoms with E-state index in [0.29, 0.717) is 42.2 Å². The molecular weight excluding hydrogens is 750 g/mol. The van der Waals surface area contributed by atoms with Gasteiger partial charge in [-0.3, -0.25) is 15.0 Å². The first-order chi connectivity index (χ1) is 28.3. The van der Waals surface area contributed by atoms with E-state index >= 15 is 0 Å². The van der Waals surface area contributed by atoms with Gasteiger partial charge in [0, 0.05) is 49.8 Å². The highest BCUT2D eigenvalue weighted by Crippen LogP contribution is 2.62. The fourth-order valence-corrected chi connectivity index (χ4v) is 8.61. The minimum absolute atomic E-state index is 0.00324. The van der Waals surface area contributed by atoms with Crippen LogP contribution in [0.4, 0.5) is 10.5 Å². The van der Waals surface area contributed by atoms with Crippen LogP contribution in [-0.2, 0) is 25.7 Å². The number of unbranched alkanes of at least 4 members (excludes halogenated alkanes) is 2. The van der Waals surface area contributed by atoms with Crippen LogP contribution in [0.15, 0.2) is 84.6 Å². The quantitative estimate of drug-likeness (QED) is 0.0481. The van der Waals surface area contributed by atoms with Crippen molar-refractivity contribution in [3.63, 3.8) is 0 Å². The average Bonchev–Trinajstić information content (AvgIpc) is 3.23. The first-order valence-corrected chi connectivity index (χ1v) is 20.0. The molecule has 15 heteroatoms. The molecule has 0 spiro atoms. The lowest BCUT2D eigenvalue weighted by atomic mass is 9.55. The summed E-state index contributed by atoms with van der Waals surface area (Å²) in [7, 11) is 1.30. The number of non-ortho nitro benzene ring substituents is 1. The van der Waals surface area contributed by atoms with Crippen molar-refractivity contribution in [1.82, 2.24) is 4.90 Å². The van der Waals surface area contributed by atoms with Gasteiger partial charge in [0.25, 0.3) is 5.69 Å². The largest absolute Gasteiger partial charge is 0.490 e. The number of aliphatic hydroxyl groups is 3. The second-order valence-corrected chi connectivity index (χ2v) is 14.6. The van der Waals surface area contributed by atoms with Gasteiger partial charge in [-0.1, -0.05) is 42.8 Å². The molecule has 15 nitrogen and oxygen atoms in total. The second kappa shape index (κ2) is 21.8. The number of hydrogen-bond donors (Lipinski definition) is 3. The van der Waals surface area contributed by atoms with Gasteiger partial charge in [-0.2, -0.15) is 0 Å². The number of methoxy groups -OCH3 is 1. The zero-order valence-electron chi connectivity index (χ0n) is 33.2. The molecule has 2 aromatic carbocycles. The normalized spacial score (nSPS) is 23.8. The first kappa shape index (κ1) is 44.3. The summed E-state index contributed by atoms with van der Waals surface area (Å²) in [5, 5.41) is 45.1. The van der Waals surface area contributed by atoms with Crippen molar-refractivity contribution in [3.05, 3.63) is 101 Å². The minimum Gasteiger partial charge on any atom is -0.490 e. The van der Waals surface area contributed by atoms with Crippen molar-refractivity contribution < 1.29 is 53.6 Å². The smallest absolute Gasteiger partial charge is 0.410 e. The van der Waals surface area contributed by atoms with Crippen LogP contribution in [0, 0.1) is 27.9 Å². The lowest BCUT2D eigenvalue weighted by Crippen LogP contribution is -2.70. The van der Waals surface area contributed by atoms with Gasteiger partial charge in [0.05, 0.1) is 50.1 Å². The molecule has 0 radical (unpaired) electrons. The monoisotopic (exact) mass is 807 g/mol. The summed E-state index contributed by atoms with van der Waals surface area (Å²) < 4.78 is 31.2. The van der Waals surface area contributed by atoms with E-state index < -0.39 is 28.8 Å². The van der Waals surface area contributed by atoms with E-state index in [2.05, 4.69) is 19.2 Å². The third-order valence-corrected chi connectivity index (χ3v) is 11.1. The number of hydrogen-bond acceptors (Lipinski definition) is 13.